The minimum atomic E-state index is -4.37. The maximum Gasteiger partial charge on any atom is 0.405 e. The van der Waals surface area contributed by atoms with Crippen molar-refractivity contribution in [2.24, 2.45) is 0 Å². The van der Waals surface area contributed by atoms with E-state index in [1.165, 1.54) is 0 Å². The first-order valence-corrected chi connectivity index (χ1v) is 6.56. The molecule has 0 aliphatic carbocycles. The van der Waals surface area contributed by atoms with Gasteiger partial charge in [-0.2, -0.15) is 13.2 Å². The number of hydrogen-bond donors (Lipinski definition) is 2. The number of aliphatic hydroxyl groups is 1. The van der Waals surface area contributed by atoms with Crippen molar-refractivity contribution >= 4 is 5.91 Å². The monoisotopic (exact) mass is 297 g/mol. The molecule has 118 valence electrons. The van der Waals surface area contributed by atoms with Crippen LogP contribution >= 0.6 is 0 Å². The zero-order chi connectivity index (χ0) is 15.4. The standard InChI is InChI=1S/C12H22F3N3O2/c1-11(2,20)9-18-5-3-17(4-6-18)7-10(19)16-8-12(13,14)15/h20H,3-9H2,1-2H3,(H,16,19). The average molecular weight is 297 g/mol. The zero-order valence-corrected chi connectivity index (χ0v) is 11.8. The topological polar surface area (TPSA) is 55.8 Å². The quantitative estimate of drug-likeness (QED) is 0.753. The SMILES string of the molecule is CC(C)(O)CN1CCN(CC(=O)NCC(F)(F)F)CC1. The van der Waals surface area contributed by atoms with Gasteiger partial charge in [-0.25, -0.2) is 0 Å². The van der Waals surface area contributed by atoms with Crippen LogP contribution in [0.25, 0.3) is 0 Å². The second-order valence-corrected chi connectivity index (χ2v) is 5.76. The summed E-state index contributed by atoms with van der Waals surface area (Å²) in [6.07, 6.45) is -4.37. The smallest absolute Gasteiger partial charge is 0.389 e. The fourth-order valence-electron chi connectivity index (χ4n) is 2.11. The molecule has 1 aliphatic rings. The Balaban J connectivity index is 2.24. The van der Waals surface area contributed by atoms with Gasteiger partial charge >= 0.3 is 6.18 Å². The lowest BCUT2D eigenvalue weighted by atomic mass is 10.1. The molecule has 1 fully saturated rings. The summed E-state index contributed by atoms with van der Waals surface area (Å²) < 4.78 is 35.8. The highest BCUT2D eigenvalue weighted by atomic mass is 19.4. The van der Waals surface area contributed by atoms with Gasteiger partial charge in [0.05, 0.1) is 12.1 Å². The molecule has 1 amide bonds. The second kappa shape index (κ2) is 6.73. The van der Waals surface area contributed by atoms with Crippen LogP contribution < -0.4 is 5.32 Å². The first kappa shape index (κ1) is 17.2. The van der Waals surface area contributed by atoms with Crippen molar-refractivity contribution in [3.8, 4) is 0 Å². The van der Waals surface area contributed by atoms with E-state index in [1.54, 1.807) is 13.8 Å². The first-order valence-electron chi connectivity index (χ1n) is 6.56. The van der Waals surface area contributed by atoms with Crippen molar-refractivity contribution in [2.45, 2.75) is 25.6 Å². The number of nitrogens with zero attached hydrogens (tertiary/aromatic N) is 2. The van der Waals surface area contributed by atoms with E-state index in [9.17, 15) is 23.1 Å². The summed E-state index contributed by atoms with van der Waals surface area (Å²) in [6, 6.07) is 0. The number of nitrogens with one attached hydrogen (secondary N) is 1. The molecule has 20 heavy (non-hydrogen) atoms. The van der Waals surface area contributed by atoms with Crippen LogP contribution in [0.3, 0.4) is 0 Å². The first-order chi connectivity index (χ1) is 9.05. The Hall–Kier alpha value is -0.860. The molecule has 0 aromatic carbocycles. The number of halogens is 3. The molecule has 0 unspecified atom stereocenters. The van der Waals surface area contributed by atoms with Crippen LogP contribution in [-0.2, 0) is 4.79 Å². The van der Waals surface area contributed by atoms with Crippen LogP contribution in [0.15, 0.2) is 0 Å². The van der Waals surface area contributed by atoms with Gasteiger partial charge < -0.3 is 10.4 Å². The zero-order valence-electron chi connectivity index (χ0n) is 11.8. The van der Waals surface area contributed by atoms with Gasteiger partial charge in [0.2, 0.25) is 5.91 Å². The Bertz CT molecular complexity index is 321. The van der Waals surface area contributed by atoms with Crippen LogP contribution in [0.5, 0.6) is 0 Å². The largest absolute Gasteiger partial charge is 0.405 e. The van der Waals surface area contributed by atoms with E-state index < -0.39 is 24.2 Å². The number of carbonyl (C=O) groups is 1. The Labute approximate surface area is 116 Å². The molecule has 0 saturated carbocycles. The summed E-state index contributed by atoms with van der Waals surface area (Å²) in [5.41, 5.74) is -0.772. The van der Waals surface area contributed by atoms with Gasteiger partial charge in [0.15, 0.2) is 0 Å². The number of carbonyl (C=O) groups excluding carboxylic acids is 1. The van der Waals surface area contributed by atoms with Crippen molar-refractivity contribution in [3.63, 3.8) is 0 Å². The number of piperazine rings is 1. The van der Waals surface area contributed by atoms with Crippen molar-refractivity contribution in [1.82, 2.24) is 15.1 Å². The Morgan fingerprint density at radius 3 is 2.10 bits per heavy atom. The predicted octanol–water partition coefficient (Wildman–Crippen LogP) is 0.0534. The Morgan fingerprint density at radius 1 is 1.15 bits per heavy atom. The van der Waals surface area contributed by atoms with Crippen molar-refractivity contribution in [1.29, 1.82) is 0 Å². The fraction of sp³-hybridized carbons (Fsp3) is 0.917. The third-order valence-corrected chi connectivity index (χ3v) is 2.93. The molecular weight excluding hydrogens is 275 g/mol. The summed E-state index contributed by atoms with van der Waals surface area (Å²) >= 11 is 0. The molecular formula is C12H22F3N3O2. The molecule has 0 spiro atoms. The third-order valence-electron chi connectivity index (χ3n) is 2.93. The summed E-state index contributed by atoms with van der Waals surface area (Å²) in [5, 5.41) is 11.6. The lowest BCUT2D eigenvalue weighted by molar-refractivity contribution is -0.139. The fourth-order valence-corrected chi connectivity index (χ4v) is 2.11. The van der Waals surface area contributed by atoms with Crippen LogP contribution in [0.1, 0.15) is 13.8 Å². The van der Waals surface area contributed by atoms with Gasteiger partial charge in [-0.05, 0) is 13.8 Å². The van der Waals surface area contributed by atoms with Crippen molar-refractivity contribution < 1.29 is 23.1 Å². The van der Waals surface area contributed by atoms with E-state index >= 15 is 0 Å². The molecule has 0 bridgehead atoms. The molecule has 1 aliphatic heterocycles. The summed E-state index contributed by atoms with van der Waals surface area (Å²) in [5.74, 6) is -0.613. The molecule has 0 aromatic rings. The van der Waals surface area contributed by atoms with Gasteiger partial charge in [-0.3, -0.25) is 14.6 Å². The summed E-state index contributed by atoms with van der Waals surface area (Å²) in [6.45, 7) is 5.28. The molecule has 8 heteroatoms. The van der Waals surface area contributed by atoms with E-state index in [0.29, 0.717) is 32.7 Å². The lowest BCUT2D eigenvalue weighted by Crippen LogP contribution is -2.52. The van der Waals surface area contributed by atoms with Gasteiger partial charge in [-0.1, -0.05) is 0 Å². The molecule has 0 radical (unpaired) electrons. The van der Waals surface area contributed by atoms with E-state index in [0.717, 1.165) is 0 Å². The van der Waals surface area contributed by atoms with Gasteiger partial charge in [-0.15, -0.1) is 0 Å². The van der Waals surface area contributed by atoms with Gasteiger partial charge in [0.25, 0.3) is 0 Å². The van der Waals surface area contributed by atoms with Crippen LogP contribution in [0, 0.1) is 0 Å². The number of alkyl halides is 3. The molecule has 1 saturated heterocycles. The highest BCUT2D eigenvalue weighted by molar-refractivity contribution is 5.78. The lowest BCUT2D eigenvalue weighted by Gasteiger charge is -2.36. The Morgan fingerprint density at radius 2 is 1.65 bits per heavy atom. The predicted molar refractivity (Wildman–Crippen MR) is 68.2 cm³/mol. The maximum absolute atomic E-state index is 11.9. The summed E-state index contributed by atoms with van der Waals surface area (Å²) in [7, 11) is 0. The molecule has 0 atom stereocenters. The van der Waals surface area contributed by atoms with E-state index in [2.05, 4.69) is 4.90 Å². The number of amides is 1. The van der Waals surface area contributed by atoms with E-state index in [-0.39, 0.29) is 6.54 Å². The van der Waals surface area contributed by atoms with Crippen molar-refractivity contribution in [3.05, 3.63) is 0 Å². The normalized spacial score (nSPS) is 19.1. The number of rotatable bonds is 5. The number of β-amino-alcohol motifs (C(OH)–C–C–N with tert-alkyl or cyclic N) is 1. The van der Waals surface area contributed by atoms with Gasteiger partial charge in [0.1, 0.15) is 6.54 Å². The molecule has 2 N–H and O–H groups in total. The van der Waals surface area contributed by atoms with Crippen LogP contribution in [0.2, 0.25) is 0 Å². The minimum absolute atomic E-state index is 0.0214. The molecule has 0 aromatic heterocycles. The Kier molecular flexibility index (Phi) is 5.79. The maximum atomic E-state index is 11.9. The van der Waals surface area contributed by atoms with Crippen LogP contribution in [0.4, 0.5) is 13.2 Å². The van der Waals surface area contributed by atoms with Gasteiger partial charge in [0, 0.05) is 32.7 Å². The van der Waals surface area contributed by atoms with Crippen molar-refractivity contribution in [2.75, 3.05) is 45.8 Å². The average Bonchev–Trinajstić information content (AvgIpc) is 2.26. The highest BCUT2D eigenvalue weighted by Gasteiger charge is 2.28. The molecule has 5 nitrogen and oxygen atoms in total. The van der Waals surface area contributed by atoms with E-state index in [4.69, 9.17) is 0 Å². The molecule has 1 rings (SSSR count). The van der Waals surface area contributed by atoms with E-state index in [1.807, 2.05) is 10.2 Å². The van der Waals surface area contributed by atoms with Crippen LogP contribution in [-0.4, -0.2) is 78.4 Å². The second-order valence-electron chi connectivity index (χ2n) is 5.76. The highest BCUT2D eigenvalue weighted by Crippen LogP contribution is 2.12. The molecule has 1 heterocycles. The minimum Gasteiger partial charge on any atom is -0.389 e. The summed E-state index contributed by atoms with van der Waals surface area (Å²) in [4.78, 5) is 15.2. The third kappa shape index (κ3) is 7.66. The number of hydrogen-bond acceptors (Lipinski definition) is 4.